The van der Waals surface area contributed by atoms with Crippen LogP contribution in [0, 0.1) is 0 Å². The molecule has 1 nitrogen and oxygen atoms in total. The fraction of sp³-hybridized carbons (Fsp3) is 1.00. The summed E-state index contributed by atoms with van der Waals surface area (Å²) in [4.78, 5) is 0. The molecule has 0 aromatic carbocycles. The molecule has 35 valence electrons. The molecule has 0 amide bonds. The Bertz CT molecular complexity index is 26.7. The van der Waals surface area contributed by atoms with E-state index < -0.39 is 0 Å². The van der Waals surface area contributed by atoms with Crippen LogP contribution < -0.4 is 0 Å². The van der Waals surface area contributed by atoms with Gasteiger partial charge in [0, 0.05) is 6.00 Å². The quantitative estimate of drug-likeness (QED) is 0.483. The minimum absolute atomic E-state index is 0.190. The molecule has 0 aliphatic rings. The van der Waals surface area contributed by atoms with E-state index in [2.05, 4.69) is 0 Å². The molecule has 0 aliphatic heterocycles. The van der Waals surface area contributed by atoms with Gasteiger partial charge < -0.3 is 5.11 Å². The molecule has 0 fully saturated rings. The first-order valence-electron chi connectivity index (χ1n) is 2.28. The van der Waals surface area contributed by atoms with E-state index in [4.69, 9.17) is 5.11 Å². The van der Waals surface area contributed by atoms with Crippen molar-refractivity contribution in [1.29, 1.82) is 0 Å². The first-order chi connectivity index (χ1) is 2.81. The number of hydrogen-bond donors (Lipinski definition) is 1. The van der Waals surface area contributed by atoms with Crippen molar-refractivity contribution in [2.75, 3.05) is 0 Å². The second kappa shape index (κ2) is 3.22. The topological polar surface area (TPSA) is 20.2 Å². The average Bonchev–Trinajstić information content (AvgIpc) is 1.65. The summed E-state index contributed by atoms with van der Waals surface area (Å²) < 4.78 is 0. The molecule has 0 aromatic rings. The van der Waals surface area contributed by atoms with Gasteiger partial charge in [0.2, 0.25) is 0 Å². The summed E-state index contributed by atoms with van der Waals surface area (Å²) in [7, 11) is 1.78. The molecule has 0 saturated carbocycles. The summed E-state index contributed by atoms with van der Waals surface area (Å²) in [5.74, 6) is 0. The van der Waals surface area contributed by atoms with Crippen LogP contribution in [0.4, 0.5) is 0 Å². The maximum absolute atomic E-state index is 8.61. The van der Waals surface area contributed by atoms with Crippen LogP contribution in [0.5, 0.6) is 0 Å². The van der Waals surface area contributed by atoms with Gasteiger partial charge in [-0.05, 0) is 6.42 Å². The van der Waals surface area contributed by atoms with Crippen molar-refractivity contribution in [1.82, 2.24) is 0 Å². The highest BCUT2D eigenvalue weighted by Gasteiger charge is 1.92. The molecule has 0 aliphatic carbocycles. The SMILES string of the molecule is C[B]C(O)CC. The minimum atomic E-state index is -0.190. The minimum Gasteiger partial charge on any atom is -0.402 e. The largest absolute Gasteiger partial charge is 0.402 e. The molecule has 1 radical (unpaired) electrons. The predicted molar refractivity (Wildman–Crippen MR) is 27.9 cm³/mol. The van der Waals surface area contributed by atoms with Crippen LogP contribution >= 0.6 is 0 Å². The van der Waals surface area contributed by atoms with Crippen LogP contribution in [0.3, 0.4) is 0 Å². The highest BCUT2D eigenvalue weighted by Crippen LogP contribution is 1.83. The molecule has 0 spiro atoms. The molecule has 1 N–H and O–H groups in total. The lowest BCUT2D eigenvalue weighted by Crippen LogP contribution is -2.09. The van der Waals surface area contributed by atoms with Crippen molar-refractivity contribution in [3.63, 3.8) is 0 Å². The summed E-state index contributed by atoms with van der Waals surface area (Å²) in [5, 5.41) is 8.61. The van der Waals surface area contributed by atoms with E-state index in [0.717, 1.165) is 6.42 Å². The monoisotopic (exact) mass is 85.1 g/mol. The highest BCUT2D eigenvalue weighted by molar-refractivity contribution is 6.35. The Hall–Kier alpha value is 0.0249. The summed E-state index contributed by atoms with van der Waals surface area (Å²) in [6.07, 6.45) is 0.830. The lowest BCUT2D eigenvalue weighted by atomic mass is 9.74. The summed E-state index contributed by atoms with van der Waals surface area (Å²) in [5.41, 5.74) is 0. The smallest absolute Gasteiger partial charge is 0.145 e. The molecular formula is C4H10BO. The van der Waals surface area contributed by atoms with Crippen LogP contribution in [0.1, 0.15) is 13.3 Å². The number of hydrogen-bond acceptors (Lipinski definition) is 1. The number of aliphatic hydroxyl groups excluding tert-OH is 1. The second-order valence-electron chi connectivity index (χ2n) is 1.31. The van der Waals surface area contributed by atoms with Gasteiger partial charge in [0.25, 0.3) is 0 Å². The Labute approximate surface area is 39.6 Å². The Morgan fingerprint density at radius 3 is 2.33 bits per heavy atom. The third-order valence-corrected chi connectivity index (χ3v) is 0.803. The Balaban J connectivity index is 2.75. The highest BCUT2D eigenvalue weighted by atomic mass is 16.3. The van der Waals surface area contributed by atoms with Crippen molar-refractivity contribution in [2.45, 2.75) is 26.2 Å². The lowest BCUT2D eigenvalue weighted by molar-refractivity contribution is 0.248. The molecule has 2 heteroatoms. The van der Waals surface area contributed by atoms with Gasteiger partial charge in [-0.1, -0.05) is 13.7 Å². The molecule has 1 atom stereocenters. The molecule has 0 saturated heterocycles. The zero-order chi connectivity index (χ0) is 4.99. The normalized spacial score (nSPS) is 13.8. The predicted octanol–water partition coefficient (Wildman–Crippen LogP) is 0.467. The van der Waals surface area contributed by atoms with Crippen LogP contribution in [0.15, 0.2) is 0 Å². The first kappa shape index (κ1) is 6.02. The van der Waals surface area contributed by atoms with Gasteiger partial charge in [-0.25, -0.2) is 0 Å². The van der Waals surface area contributed by atoms with E-state index in [1.54, 1.807) is 7.28 Å². The van der Waals surface area contributed by atoms with E-state index in [9.17, 15) is 0 Å². The van der Waals surface area contributed by atoms with Gasteiger partial charge >= 0.3 is 0 Å². The molecule has 1 unspecified atom stereocenters. The average molecular weight is 84.9 g/mol. The van der Waals surface area contributed by atoms with Gasteiger partial charge in [0.05, 0.1) is 0 Å². The Morgan fingerprint density at radius 2 is 2.33 bits per heavy atom. The Kier molecular flexibility index (Phi) is 3.24. The maximum Gasteiger partial charge on any atom is 0.145 e. The first-order valence-corrected chi connectivity index (χ1v) is 2.28. The van der Waals surface area contributed by atoms with Crippen LogP contribution in [0.25, 0.3) is 0 Å². The fourth-order valence-corrected chi connectivity index (χ4v) is 0.236. The van der Waals surface area contributed by atoms with E-state index in [1.165, 1.54) is 0 Å². The molecule has 0 aromatic heterocycles. The van der Waals surface area contributed by atoms with Gasteiger partial charge in [-0.3, -0.25) is 0 Å². The lowest BCUT2D eigenvalue weighted by Gasteiger charge is -1.96. The van der Waals surface area contributed by atoms with Gasteiger partial charge in [-0.2, -0.15) is 0 Å². The van der Waals surface area contributed by atoms with Crippen LogP contribution in [0.2, 0.25) is 6.82 Å². The van der Waals surface area contributed by atoms with E-state index in [-0.39, 0.29) is 6.00 Å². The fourth-order valence-electron chi connectivity index (χ4n) is 0.236. The van der Waals surface area contributed by atoms with E-state index in [0.29, 0.717) is 0 Å². The third-order valence-electron chi connectivity index (χ3n) is 0.803. The van der Waals surface area contributed by atoms with E-state index in [1.807, 2.05) is 13.7 Å². The molecule has 6 heavy (non-hydrogen) atoms. The van der Waals surface area contributed by atoms with Crippen LogP contribution in [-0.2, 0) is 0 Å². The zero-order valence-corrected chi connectivity index (χ0v) is 4.31. The van der Waals surface area contributed by atoms with Gasteiger partial charge in [0.15, 0.2) is 0 Å². The van der Waals surface area contributed by atoms with Crippen molar-refractivity contribution >= 4 is 7.28 Å². The molecule has 0 bridgehead atoms. The summed E-state index contributed by atoms with van der Waals surface area (Å²) in [6.45, 7) is 3.80. The third kappa shape index (κ3) is 2.27. The van der Waals surface area contributed by atoms with Crippen molar-refractivity contribution in [3.8, 4) is 0 Å². The van der Waals surface area contributed by atoms with Crippen LogP contribution in [-0.4, -0.2) is 18.4 Å². The van der Waals surface area contributed by atoms with E-state index >= 15 is 0 Å². The zero-order valence-electron chi connectivity index (χ0n) is 4.31. The molecular weight excluding hydrogens is 74.9 g/mol. The van der Waals surface area contributed by atoms with Crippen molar-refractivity contribution < 1.29 is 5.11 Å². The maximum atomic E-state index is 8.61. The molecule has 0 rings (SSSR count). The van der Waals surface area contributed by atoms with Gasteiger partial charge in [-0.15, -0.1) is 0 Å². The summed E-state index contributed by atoms with van der Waals surface area (Å²) >= 11 is 0. The number of rotatable bonds is 2. The molecule has 0 heterocycles. The van der Waals surface area contributed by atoms with Crippen molar-refractivity contribution in [2.24, 2.45) is 0 Å². The second-order valence-corrected chi connectivity index (χ2v) is 1.31. The van der Waals surface area contributed by atoms with Crippen molar-refractivity contribution in [3.05, 3.63) is 0 Å². The standard InChI is InChI=1S/C4H10BO/c1-3-4(6)5-2/h4,6H,3H2,1-2H3. The summed E-state index contributed by atoms with van der Waals surface area (Å²) in [6, 6.07) is -0.190. The Morgan fingerprint density at radius 1 is 1.83 bits per heavy atom. The number of aliphatic hydroxyl groups is 1. The van der Waals surface area contributed by atoms with Gasteiger partial charge in [0.1, 0.15) is 7.28 Å².